The monoisotopic (exact) mass is 475 g/mol. The Balaban J connectivity index is 1.26. The molecule has 1 saturated heterocycles. The number of ether oxygens (including phenoxy) is 1. The quantitative estimate of drug-likeness (QED) is 0.592. The minimum absolute atomic E-state index is 0.00609. The number of fused-ring (bicyclic) bond motifs is 1. The molecule has 1 aromatic heterocycles. The maximum atomic E-state index is 13.0. The summed E-state index contributed by atoms with van der Waals surface area (Å²) >= 11 is 0. The van der Waals surface area contributed by atoms with E-state index < -0.39 is 12.4 Å². The van der Waals surface area contributed by atoms with E-state index in [0.717, 1.165) is 23.2 Å². The number of carbonyl (C=O) groups is 2. The molecule has 1 atom stereocenters. The average Bonchev–Trinajstić information content (AvgIpc) is 3.23. The summed E-state index contributed by atoms with van der Waals surface area (Å²) in [6.45, 7) is 4.02. The molecule has 1 aliphatic rings. The molecule has 3 aromatic rings. The number of nitrogens with zero attached hydrogens (tertiary/aromatic N) is 4. The van der Waals surface area contributed by atoms with E-state index in [1.807, 2.05) is 40.7 Å². The Labute approximate surface area is 193 Å². The van der Waals surface area contributed by atoms with Gasteiger partial charge < -0.3 is 19.5 Å². The number of halogens is 3. The summed E-state index contributed by atoms with van der Waals surface area (Å²) < 4.78 is 42.4. The molecule has 1 fully saturated rings. The molecule has 0 aliphatic carbocycles. The van der Waals surface area contributed by atoms with Gasteiger partial charge in [0, 0.05) is 31.9 Å². The van der Waals surface area contributed by atoms with Gasteiger partial charge in [-0.15, -0.1) is 13.2 Å². The first-order valence-corrected chi connectivity index (χ1v) is 10.8. The summed E-state index contributed by atoms with van der Waals surface area (Å²) in [5.41, 5.74) is 2.10. The summed E-state index contributed by atoms with van der Waals surface area (Å²) in [6, 6.07) is 12.2. The van der Waals surface area contributed by atoms with Crippen LogP contribution in [0.25, 0.3) is 11.0 Å². The van der Waals surface area contributed by atoms with Crippen molar-refractivity contribution in [3.05, 3.63) is 54.9 Å². The molecule has 1 unspecified atom stereocenters. The first kappa shape index (κ1) is 23.6. The number of nitrogens with one attached hydrogen (secondary N) is 1. The Morgan fingerprint density at radius 2 is 1.74 bits per heavy atom. The van der Waals surface area contributed by atoms with Crippen molar-refractivity contribution in [2.75, 3.05) is 38.0 Å². The van der Waals surface area contributed by atoms with Crippen LogP contribution in [0, 0.1) is 0 Å². The van der Waals surface area contributed by atoms with Crippen LogP contribution in [-0.4, -0.2) is 70.3 Å². The normalized spacial score (nSPS) is 15.8. The van der Waals surface area contributed by atoms with Crippen molar-refractivity contribution >= 4 is 28.5 Å². The molecule has 4 rings (SSSR count). The van der Waals surface area contributed by atoms with Crippen LogP contribution in [0.4, 0.5) is 18.9 Å². The van der Waals surface area contributed by atoms with E-state index in [4.69, 9.17) is 0 Å². The van der Waals surface area contributed by atoms with Gasteiger partial charge >= 0.3 is 6.36 Å². The van der Waals surface area contributed by atoms with Crippen LogP contribution >= 0.6 is 0 Å². The van der Waals surface area contributed by atoms with E-state index in [0.29, 0.717) is 31.9 Å². The lowest BCUT2D eigenvalue weighted by Gasteiger charge is -2.35. The van der Waals surface area contributed by atoms with Crippen molar-refractivity contribution in [1.82, 2.24) is 19.4 Å². The van der Waals surface area contributed by atoms with Crippen LogP contribution in [0.2, 0.25) is 0 Å². The summed E-state index contributed by atoms with van der Waals surface area (Å²) in [7, 11) is 0. The number of piperazine rings is 1. The van der Waals surface area contributed by atoms with Gasteiger partial charge in [0.2, 0.25) is 11.8 Å². The highest BCUT2D eigenvalue weighted by Gasteiger charge is 2.31. The maximum absolute atomic E-state index is 13.0. The van der Waals surface area contributed by atoms with Crippen molar-refractivity contribution in [3.63, 3.8) is 0 Å². The van der Waals surface area contributed by atoms with E-state index >= 15 is 0 Å². The van der Waals surface area contributed by atoms with Crippen LogP contribution in [-0.2, 0) is 9.59 Å². The Bertz CT molecular complexity index is 1150. The number of para-hydroxylation sites is 2. The Morgan fingerprint density at radius 1 is 1.06 bits per heavy atom. The molecule has 11 heteroatoms. The minimum Gasteiger partial charge on any atom is -0.406 e. The van der Waals surface area contributed by atoms with Crippen LogP contribution in [0.1, 0.15) is 13.0 Å². The van der Waals surface area contributed by atoms with Gasteiger partial charge in [0.1, 0.15) is 11.8 Å². The number of benzene rings is 2. The number of hydrogen-bond acceptors (Lipinski definition) is 5. The Hall–Kier alpha value is -3.60. The fraction of sp³-hybridized carbons (Fsp3) is 0.348. The second-order valence-electron chi connectivity index (χ2n) is 8.04. The molecule has 0 saturated carbocycles. The fourth-order valence-electron chi connectivity index (χ4n) is 3.94. The molecule has 1 N–H and O–H groups in total. The van der Waals surface area contributed by atoms with Crippen molar-refractivity contribution < 1.29 is 27.5 Å². The number of alkyl halides is 3. The molecule has 180 valence electrons. The minimum atomic E-state index is -4.77. The molecule has 2 amide bonds. The first-order chi connectivity index (χ1) is 16.2. The van der Waals surface area contributed by atoms with E-state index in [1.54, 1.807) is 11.2 Å². The van der Waals surface area contributed by atoms with Gasteiger partial charge in [0.15, 0.2) is 0 Å². The largest absolute Gasteiger partial charge is 0.573 e. The van der Waals surface area contributed by atoms with Gasteiger partial charge in [0.05, 0.1) is 23.9 Å². The second-order valence-corrected chi connectivity index (χ2v) is 8.04. The number of anilines is 1. The van der Waals surface area contributed by atoms with E-state index in [2.05, 4.69) is 15.0 Å². The third-order valence-corrected chi connectivity index (χ3v) is 5.68. The number of hydrogen-bond donors (Lipinski definition) is 1. The molecule has 0 bridgehead atoms. The van der Waals surface area contributed by atoms with Gasteiger partial charge in [-0.3, -0.25) is 14.5 Å². The van der Waals surface area contributed by atoms with E-state index in [-0.39, 0.29) is 24.1 Å². The molecule has 1 aliphatic heterocycles. The third-order valence-electron chi connectivity index (χ3n) is 5.68. The number of imidazole rings is 1. The number of carbonyl (C=O) groups excluding carboxylic acids is 2. The SMILES string of the molecule is CC(C(=O)N1CCN(CC(=O)Nc2ccc(OC(F)(F)F)cc2)CC1)n1cnc2ccccc21. The van der Waals surface area contributed by atoms with Crippen LogP contribution in [0.15, 0.2) is 54.9 Å². The van der Waals surface area contributed by atoms with Crippen LogP contribution in [0.3, 0.4) is 0 Å². The summed E-state index contributed by atoms with van der Waals surface area (Å²) in [4.78, 5) is 33.4. The highest BCUT2D eigenvalue weighted by molar-refractivity contribution is 5.92. The molecule has 2 aromatic carbocycles. The van der Waals surface area contributed by atoms with Crippen LogP contribution < -0.4 is 10.1 Å². The van der Waals surface area contributed by atoms with Gasteiger partial charge in [-0.1, -0.05) is 12.1 Å². The smallest absolute Gasteiger partial charge is 0.406 e. The predicted octanol–water partition coefficient (Wildman–Crippen LogP) is 3.28. The number of aromatic nitrogens is 2. The standard InChI is InChI=1S/C23H24F3N5O3/c1-16(31-15-27-19-4-2-3-5-20(19)31)22(33)30-12-10-29(11-13-30)14-21(32)28-17-6-8-18(9-7-17)34-23(24,25)26/h2-9,15-16H,10-14H2,1H3,(H,28,32). The summed E-state index contributed by atoms with van der Waals surface area (Å²) in [6.07, 6.45) is -3.09. The molecular formula is C23H24F3N5O3. The van der Waals surface area contributed by atoms with E-state index in [1.165, 1.54) is 12.1 Å². The number of rotatable bonds is 6. The zero-order valence-electron chi connectivity index (χ0n) is 18.5. The first-order valence-electron chi connectivity index (χ1n) is 10.8. The van der Waals surface area contributed by atoms with Crippen molar-refractivity contribution in [1.29, 1.82) is 0 Å². The highest BCUT2D eigenvalue weighted by atomic mass is 19.4. The van der Waals surface area contributed by atoms with Gasteiger partial charge in [0.25, 0.3) is 0 Å². The highest BCUT2D eigenvalue weighted by Crippen LogP contribution is 2.24. The molecular weight excluding hydrogens is 451 g/mol. The fourth-order valence-corrected chi connectivity index (χ4v) is 3.94. The van der Waals surface area contributed by atoms with Crippen molar-refractivity contribution in [2.45, 2.75) is 19.3 Å². The average molecular weight is 475 g/mol. The second kappa shape index (κ2) is 9.72. The molecule has 0 radical (unpaired) electrons. The zero-order valence-corrected chi connectivity index (χ0v) is 18.5. The number of amides is 2. The third kappa shape index (κ3) is 5.66. The van der Waals surface area contributed by atoms with E-state index in [9.17, 15) is 22.8 Å². The summed E-state index contributed by atoms with van der Waals surface area (Å²) in [5.74, 6) is -0.653. The lowest BCUT2D eigenvalue weighted by Crippen LogP contribution is -2.51. The van der Waals surface area contributed by atoms with Crippen molar-refractivity contribution in [2.24, 2.45) is 0 Å². The Morgan fingerprint density at radius 3 is 2.41 bits per heavy atom. The maximum Gasteiger partial charge on any atom is 0.573 e. The van der Waals surface area contributed by atoms with Crippen LogP contribution in [0.5, 0.6) is 5.75 Å². The molecule has 8 nitrogen and oxygen atoms in total. The lowest BCUT2D eigenvalue weighted by atomic mass is 10.2. The Kier molecular flexibility index (Phi) is 6.73. The van der Waals surface area contributed by atoms with Gasteiger partial charge in [-0.2, -0.15) is 0 Å². The lowest BCUT2D eigenvalue weighted by molar-refractivity contribution is -0.274. The predicted molar refractivity (Wildman–Crippen MR) is 119 cm³/mol. The summed E-state index contributed by atoms with van der Waals surface area (Å²) in [5, 5.41) is 2.66. The topological polar surface area (TPSA) is 79.7 Å². The van der Waals surface area contributed by atoms with Gasteiger partial charge in [-0.25, -0.2) is 4.98 Å². The zero-order chi connectivity index (χ0) is 24.3. The van der Waals surface area contributed by atoms with Gasteiger partial charge in [-0.05, 0) is 43.3 Å². The van der Waals surface area contributed by atoms with Crippen molar-refractivity contribution in [3.8, 4) is 5.75 Å². The molecule has 34 heavy (non-hydrogen) atoms. The molecule has 2 heterocycles. The molecule has 0 spiro atoms.